The van der Waals surface area contributed by atoms with Crippen molar-refractivity contribution in [3.63, 3.8) is 0 Å². The fourth-order valence-corrected chi connectivity index (χ4v) is 6.39. The van der Waals surface area contributed by atoms with E-state index in [1.54, 1.807) is 6.92 Å². The van der Waals surface area contributed by atoms with Gasteiger partial charge in [0.1, 0.15) is 12.6 Å². The van der Waals surface area contributed by atoms with Crippen molar-refractivity contribution in [2.75, 3.05) is 24.7 Å². The summed E-state index contributed by atoms with van der Waals surface area (Å²) < 4.78 is 29.3. The van der Waals surface area contributed by atoms with Crippen molar-refractivity contribution in [3.05, 3.63) is 59.7 Å². The number of nitrogens with one attached hydrogen (secondary N) is 1. The highest BCUT2D eigenvalue weighted by Gasteiger charge is 2.36. The van der Waals surface area contributed by atoms with Crippen LogP contribution in [-0.2, 0) is 24.2 Å². The maximum absolute atomic E-state index is 13.1. The van der Waals surface area contributed by atoms with Crippen molar-refractivity contribution >= 4 is 27.8 Å². The summed E-state index contributed by atoms with van der Waals surface area (Å²) in [5, 5.41) is 11.6. The molecule has 0 radical (unpaired) electrons. The zero-order valence-corrected chi connectivity index (χ0v) is 20.2. The van der Waals surface area contributed by atoms with Crippen LogP contribution in [-0.4, -0.2) is 73.1 Å². The third kappa shape index (κ3) is 5.48. The third-order valence-corrected chi connectivity index (χ3v) is 8.33. The maximum Gasteiger partial charge on any atom is 0.407 e. The van der Waals surface area contributed by atoms with E-state index in [0.29, 0.717) is 0 Å². The van der Waals surface area contributed by atoms with Crippen LogP contribution in [0.25, 0.3) is 11.1 Å². The number of rotatable bonds is 7. The Kier molecular flexibility index (Phi) is 7.11. The number of sulfone groups is 1. The zero-order valence-electron chi connectivity index (χ0n) is 19.3. The van der Waals surface area contributed by atoms with Gasteiger partial charge < -0.3 is 20.1 Å². The summed E-state index contributed by atoms with van der Waals surface area (Å²) in [6.07, 6.45) is -1.29. The van der Waals surface area contributed by atoms with Crippen molar-refractivity contribution in [1.29, 1.82) is 0 Å². The van der Waals surface area contributed by atoms with Crippen LogP contribution in [0.3, 0.4) is 0 Å². The number of carbonyl (C=O) groups is 3. The number of carboxylic acid groups (broad SMARTS) is 1. The molecule has 2 aliphatic rings. The molecule has 2 atom stereocenters. The van der Waals surface area contributed by atoms with Gasteiger partial charge in [-0.2, -0.15) is 0 Å². The average Bonchev–Trinajstić information content (AvgIpc) is 3.13. The van der Waals surface area contributed by atoms with Gasteiger partial charge in [-0.15, -0.1) is 0 Å². The fraction of sp³-hybridized carbons (Fsp3) is 0.400. The van der Waals surface area contributed by atoms with Crippen LogP contribution in [0.1, 0.15) is 36.8 Å². The Balaban J connectivity index is 1.44. The molecule has 1 saturated heterocycles. The van der Waals surface area contributed by atoms with Crippen LogP contribution in [0.5, 0.6) is 0 Å². The van der Waals surface area contributed by atoms with E-state index < -0.39 is 39.9 Å². The summed E-state index contributed by atoms with van der Waals surface area (Å²) in [6.45, 7) is 1.67. The number of hydrogen-bond acceptors (Lipinski definition) is 6. The molecule has 2 unspecified atom stereocenters. The molecular weight excluding hydrogens is 472 g/mol. The van der Waals surface area contributed by atoms with E-state index >= 15 is 0 Å². The largest absolute Gasteiger partial charge is 0.481 e. The number of ether oxygens (including phenoxy) is 1. The summed E-state index contributed by atoms with van der Waals surface area (Å²) in [6, 6.07) is 14.1. The van der Waals surface area contributed by atoms with E-state index in [-0.39, 0.29) is 43.4 Å². The van der Waals surface area contributed by atoms with Crippen molar-refractivity contribution < 1.29 is 32.6 Å². The topological polar surface area (TPSA) is 130 Å². The van der Waals surface area contributed by atoms with Crippen molar-refractivity contribution in [1.82, 2.24) is 10.2 Å². The van der Waals surface area contributed by atoms with E-state index in [1.165, 1.54) is 4.90 Å². The molecule has 2 amide bonds. The van der Waals surface area contributed by atoms with Gasteiger partial charge in [0.25, 0.3) is 0 Å². The number of carboxylic acids is 1. The molecule has 10 heteroatoms. The number of hydrogen-bond donors (Lipinski definition) is 2. The number of benzene rings is 2. The predicted octanol–water partition coefficient (Wildman–Crippen LogP) is 2.40. The summed E-state index contributed by atoms with van der Waals surface area (Å²) in [5.41, 5.74) is 4.26. The molecule has 2 N–H and O–H groups in total. The van der Waals surface area contributed by atoms with Gasteiger partial charge in [0.2, 0.25) is 5.91 Å². The Morgan fingerprint density at radius 1 is 1.09 bits per heavy atom. The molecule has 1 heterocycles. The Morgan fingerprint density at radius 2 is 1.69 bits per heavy atom. The monoisotopic (exact) mass is 500 g/mol. The second-order valence-electron chi connectivity index (χ2n) is 8.95. The highest BCUT2D eigenvalue weighted by molar-refractivity contribution is 7.91. The van der Waals surface area contributed by atoms with Crippen LogP contribution in [0.2, 0.25) is 0 Å². The molecule has 9 nitrogen and oxygen atoms in total. The minimum atomic E-state index is -3.24. The van der Waals surface area contributed by atoms with E-state index in [0.717, 1.165) is 22.3 Å². The van der Waals surface area contributed by atoms with Gasteiger partial charge in [-0.3, -0.25) is 9.59 Å². The molecule has 0 spiro atoms. The van der Waals surface area contributed by atoms with E-state index in [4.69, 9.17) is 9.84 Å². The van der Waals surface area contributed by atoms with Crippen molar-refractivity contribution in [2.24, 2.45) is 0 Å². The lowest BCUT2D eigenvalue weighted by Crippen LogP contribution is -2.56. The minimum absolute atomic E-state index is 0.00171. The molecule has 1 aliphatic carbocycles. The van der Waals surface area contributed by atoms with Crippen LogP contribution >= 0.6 is 0 Å². The minimum Gasteiger partial charge on any atom is -0.481 e. The van der Waals surface area contributed by atoms with Crippen LogP contribution < -0.4 is 5.32 Å². The SMILES string of the molecule is CC1CS(=O)(=O)CCN1C(=O)C(CCC(=O)O)NC(=O)OCC1c2ccccc2-c2ccccc21. The highest BCUT2D eigenvalue weighted by atomic mass is 32.2. The van der Waals surface area contributed by atoms with Gasteiger partial charge in [0.15, 0.2) is 9.84 Å². The molecule has 4 rings (SSSR count). The second-order valence-corrected chi connectivity index (χ2v) is 11.2. The first-order valence-electron chi connectivity index (χ1n) is 11.5. The van der Waals surface area contributed by atoms with Gasteiger partial charge >= 0.3 is 12.1 Å². The van der Waals surface area contributed by atoms with Gasteiger partial charge in [-0.05, 0) is 35.6 Å². The predicted molar refractivity (Wildman–Crippen MR) is 129 cm³/mol. The van der Waals surface area contributed by atoms with Crippen LogP contribution in [0.4, 0.5) is 4.79 Å². The third-order valence-electron chi connectivity index (χ3n) is 6.53. The molecule has 0 aromatic heterocycles. The Morgan fingerprint density at radius 3 is 2.26 bits per heavy atom. The molecule has 2 aromatic rings. The summed E-state index contributed by atoms with van der Waals surface area (Å²) >= 11 is 0. The van der Waals surface area contributed by atoms with Crippen molar-refractivity contribution in [3.8, 4) is 11.1 Å². The molecule has 1 fully saturated rings. The lowest BCUT2D eigenvalue weighted by molar-refractivity contribution is -0.138. The molecule has 35 heavy (non-hydrogen) atoms. The molecule has 0 bridgehead atoms. The maximum atomic E-state index is 13.1. The lowest BCUT2D eigenvalue weighted by atomic mass is 9.98. The molecular formula is C25H28N2O7S. The number of alkyl carbamates (subject to hydrolysis) is 1. The average molecular weight is 501 g/mol. The first-order valence-corrected chi connectivity index (χ1v) is 13.3. The van der Waals surface area contributed by atoms with Gasteiger partial charge in [0.05, 0.1) is 11.5 Å². The van der Waals surface area contributed by atoms with Gasteiger partial charge in [-0.25, -0.2) is 13.2 Å². The summed E-state index contributed by atoms with van der Waals surface area (Å²) in [7, 11) is -3.24. The number of amides is 2. The summed E-state index contributed by atoms with van der Waals surface area (Å²) in [5.74, 6) is -2.11. The smallest absolute Gasteiger partial charge is 0.407 e. The van der Waals surface area contributed by atoms with E-state index in [9.17, 15) is 22.8 Å². The Labute approximate surface area is 204 Å². The molecule has 2 aromatic carbocycles. The molecule has 1 aliphatic heterocycles. The fourth-order valence-electron chi connectivity index (χ4n) is 4.83. The van der Waals surface area contributed by atoms with Crippen LogP contribution in [0.15, 0.2) is 48.5 Å². The number of aliphatic carboxylic acids is 1. The first-order chi connectivity index (χ1) is 16.7. The summed E-state index contributed by atoms with van der Waals surface area (Å²) in [4.78, 5) is 38.3. The normalized spacial score (nSPS) is 19.3. The number of fused-ring (bicyclic) bond motifs is 3. The quantitative estimate of drug-likeness (QED) is 0.597. The second kappa shape index (κ2) is 10.1. The van der Waals surface area contributed by atoms with Gasteiger partial charge in [0, 0.05) is 24.9 Å². The molecule has 186 valence electrons. The van der Waals surface area contributed by atoms with Crippen molar-refractivity contribution in [2.45, 2.75) is 37.8 Å². The van der Waals surface area contributed by atoms with Gasteiger partial charge in [-0.1, -0.05) is 48.5 Å². The molecule has 0 saturated carbocycles. The Bertz CT molecular complexity index is 1200. The first kappa shape index (κ1) is 24.7. The van der Waals surface area contributed by atoms with Crippen LogP contribution in [0, 0.1) is 0 Å². The lowest BCUT2D eigenvalue weighted by Gasteiger charge is -2.35. The number of nitrogens with zero attached hydrogens (tertiary/aromatic N) is 1. The number of carbonyl (C=O) groups excluding carboxylic acids is 2. The highest BCUT2D eigenvalue weighted by Crippen LogP contribution is 2.44. The Hall–Kier alpha value is -3.40. The van der Waals surface area contributed by atoms with E-state index in [1.807, 2.05) is 48.5 Å². The zero-order chi connectivity index (χ0) is 25.2. The standard InChI is InChI=1S/C25H28N2O7S/c1-16-15-35(32,33)13-12-27(16)24(30)22(10-11-23(28)29)26-25(31)34-14-21-19-8-4-2-6-17(19)18-7-3-5-9-20(18)21/h2-9,16,21-22H,10-15H2,1H3,(H,26,31)(H,28,29). The van der Waals surface area contributed by atoms with E-state index in [2.05, 4.69) is 5.32 Å².